The van der Waals surface area contributed by atoms with E-state index >= 15 is 0 Å². The number of hydrogen-bond acceptors (Lipinski definition) is 4. The van der Waals surface area contributed by atoms with Crippen LogP contribution in [0.3, 0.4) is 0 Å². The summed E-state index contributed by atoms with van der Waals surface area (Å²) in [5, 5.41) is 5.07. The number of nitrogens with two attached hydrogens (primary N) is 1. The summed E-state index contributed by atoms with van der Waals surface area (Å²) in [5.74, 6) is 0. The Morgan fingerprint density at radius 3 is 2.80 bits per heavy atom. The molecule has 15 heavy (non-hydrogen) atoms. The Kier molecular flexibility index (Phi) is 2.64. The molecular formula is C10H12N4S. The zero-order valence-electron chi connectivity index (χ0n) is 8.64. The minimum absolute atomic E-state index is 0.697. The number of aromatic nitrogens is 3. The van der Waals surface area contributed by atoms with E-state index in [2.05, 4.69) is 10.1 Å². The summed E-state index contributed by atoms with van der Waals surface area (Å²) in [4.78, 5) is 5.36. The van der Waals surface area contributed by atoms with Gasteiger partial charge in [0.2, 0.25) is 0 Å². The first kappa shape index (κ1) is 10.0. The van der Waals surface area contributed by atoms with Crippen LogP contribution in [0.25, 0.3) is 0 Å². The first-order valence-corrected chi connectivity index (χ1v) is 5.35. The van der Waals surface area contributed by atoms with Gasteiger partial charge < -0.3 is 5.73 Å². The summed E-state index contributed by atoms with van der Waals surface area (Å²) in [6.45, 7) is 2.00. The Labute approximate surface area is 92.5 Å². The van der Waals surface area contributed by atoms with Crippen molar-refractivity contribution < 1.29 is 0 Å². The first-order valence-electron chi connectivity index (χ1n) is 4.54. The Balaban J connectivity index is 2.24. The molecule has 0 saturated carbocycles. The highest BCUT2D eigenvalue weighted by Crippen LogP contribution is 2.28. The van der Waals surface area contributed by atoms with Gasteiger partial charge in [-0.3, -0.25) is 4.68 Å². The highest BCUT2D eigenvalue weighted by Gasteiger charge is 2.04. The molecule has 0 aromatic carbocycles. The Morgan fingerprint density at radius 1 is 1.40 bits per heavy atom. The maximum absolute atomic E-state index is 5.64. The number of anilines is 1. The van der Waals surface area contributed by atoms with Gasteiger partial charge in [0.25, 0.3) is 0 Å². The molecule has 0 aliphatic carbocycles. The van der Waals surface area contributed by atoms with Crippen LogP contribution in [-0.2, 0) is 7.05 Å². The standard InChI is InChI=1S/C10H12N4S/c1-7-3-8(11)4-12-10(7)15-9-5-13-14(2)6-9/h3-6H,11H2,1-2H3. The highest BCUT2D eigenvalue weighted by molar-refractivity contribution is 7.99. The summed E-state index contributed by atoms with van der Waals surface area (Å²) in [7, 11) is 1.90. The van der Waals surface area contributed by atoms with Gasteiger partial charge in [0.15, 0.2) is 0 Å². The van der Waals surface area contributed by atoms with Gasteiger partial charge in [-0.1, -0.05) is 11.8 Å². The van der Waals surface area contributed by atoms with Gasteiger partial charge in [-0.2, -0.15) is 5.10 Å². The molecule has 5 heteroatoms. The molecule has 4 nitrogen and oxygen atoms in total. The quantitative estimate of drug-likeness (QED) is 0.839. The lowest BCUT2D eigenvalue weighted by atomic mass is 10.3. The van der Waals surface area contributed by atoms with E-state index in [0.717, 1.165) is 15.5 Å². The lowest BCUT2D eigenvalue weighted by Gasteiger charge is -2.02. The predicted octanol–water partition coefficient (Wildman–Crippen LogP) is 1.86. The van der Waals surface area contributed by atoms with Crippen molar-refractivity contribution in [2.24, 2.45) is 7.05 Å². The topological polar surface area (TPSA) is 56.7 Å². The van der Waals surface area contributed by atoms with Gasteiger partial charge in [0, 0.05) is 13.2 Å². The zero-order valence-corrected chi connectivity index (χ0v) is 9.45. The maximum atomic E-state index is 5.64. The van der Waals surface area contributed by atoms with E-state index in [1.807, 2.05) is 32.4 Å². The summed E-state index contributed by atoms with van der Waals surface area (Å²) in [6.07, 6.45) is 5.45. The van der Waals surface area contributed by atoms with Gasteiger partial charge >= 0.3 is 0 Å². The van der Waals surface area contributed by atoms with Crippen molar-refractivity contribution in [1.29, 1.82) is 0 Å². The molecule has 2 N–H and O–H groups in total. The van der Waals surface area contributed by atoms with Crippen molar-refractivity contribution in [1.82, 2.24) is 14.8 Å². The van der Waals surface area contributed by atoms with Crippen LogP contribution in [0.1, 0.15) is 5.56 Å². The number of hydrogen-bond donors (Lipinski definition) is 1. The first-order chi connectivity index (χ1) is 7.15. The molecule has 0 bridgehead atoms. The van der Waals surface area contributed by atoms with Gasteiger partial charge in [0.1, 0.15) is 5.03 Å². The van der Waals surface area contributed by atoms with Crippen molar-refractivity contribution >= 4 is 17.4 Å². The fourth-order valence-electron chi connectivity index (χ4n) is 1.25. The Bertz CT molecular complexity index is 478. The van der Waals surface area contributed by atoms with E-state index in [9.17, 15) is 0 Å². The van der Waals surface area contributed by atoms with E-state index in [1.54, 1.807) is 22.6 Å². The van der Waals surface area contributed by atoms with Gasteiger partial charge in [-0.15, -0.1) is 0 Å². The molecule has 0 atom stereocenters. The van der Waals surface area contributed by atoms with Crippen LogP contribution < -0.4 is 5.73 Å². The third kappa shape index (κ3) is 2.30. The number of pyridine rings is 1. The molecule has 2 aromatic rings. The minimum Gasteiger partial charge on any atom is -0.397 e. The molecule has 0 fully saturated rings. The summed E-state index contributed by atoms with van der Waals surface area (Å²) >= 11 is 1.59. The molecular weight excluding hydrogens is 208 g/mol. The highest BCUT2D eigenvalue weighted by atomic mass is 32.2. The van der Waals surface area contributed by atoms with Crippen LogP contribution in [0.5, 0.6) is 0 Å². The number of rotatable bonds is 2. The third-order valence-electron chi connectivity index (χ3n) is 1.95. The summed E-state index contributed by atoms with van der Waals surface area (Å²) in [6, 6.07) is 1.92. The van der Waals surface area contributed by atoms with Gasteiger partial charge in [0.05, 0.1) is 23.0 Å². The molecule has 78 valence electrons. The van der Waals surface area contributed by atoms with E-state index in [4.69, 9.17) is 5.73 Å². The largest absolute Gasteiger partial charge is 0.397 e. The SMILES string of the molecule is Cc1cc(N)cnc1Sc1cnn(C)c1. The van der Waals surface area contributed by atoms with Crippen LogP contribution in [0, 0.1) is 6.92 Å². The van der Waals surface area contributed by atoms with E-state index in [1.165, 1.54) is 0 Å². The fraction of sp³-hybridized carbons (Fsp3) is 0.200. The lowest BCUT2D eigenvalue weighted by Crippen LogP contribution is -1.90. The van der Waals surface area contributed by atoms with Crippen LogP contribution in [0.4, 0.5) is 5.69 Å². The average Bonchev–Trinajstić information content (AvgIpc) is 2.56. The van der Waals surface area contributed by atoms with Crippen LogP contribution in [-0.4, -0.2) is 14.8 Å². The summed E-state index contributed by atoms with van der Waals surface area (Å²) < 4.78 is 1.77. The Hall–Kier alpha value is -1.49. The normalized spacial score (nSPS) is 10.5. The van der Waals surface area contributed by atoms with Crippen molar-refractivity contribution in [3.8, 4) is 0 Å². The van der Waals surface area contributed by atoms with Crippen molar-refractivity contribution in [2.45, 2.75) is 16.8 Å². The number of nitrogens with zero attached hydrogens (tertiary/aromatic N) is 3. The zero-order chi connectivity index (χ0) is 10.8. The molecule has 0 spiro atoms. The minimum atomic E-state index is 0.697. The third-order valence-corrected chi connectivity index (χ3v) is 3.01. The molecule has 0 saturated heterocycles. The van der Waals surface area contributed by atoms with Crippen LogP contribution in [0.2, 0.25) is 0 Å². The average molecular weight is 220 g/mol. The smallest absolute Gasteiger partial charge is 0.104 e. The Morgan fingerprint density at radius 2 is 2.20 bits per heavy atom. The number of nitrogen functional groups attached to an aromatic ring is 1. The van der Waals surface area contributed by atoms with Crippen molar-refractivity contribution in [3.63, 3.8) is 0 Å². The fourth-order valence-corrected chi connectivity index (χ4v) is 2.11. The van der Waals surface area contributed by atoms with Crippen molar-refractivity contribution in [3.05, 3.63) is 30.2 Å². The predicted molar refractivity (Wildman–Crippen MR) is 60.7 cm³/mol. The van der Waals surface area contributed by atoms with Gasteiger partial charge in [-0.05, 0) is 18.6 Å². The van der Waals surface area contributed by atoms with Gasteiger partial charge in [-0.25, -0.2) is 4.98 Å². The molecule has 0 aliphatic heterocycles. The van der Waals surface area contributed by atoms with E-state index < -0.39 is 0 Å². The van der Waals surface area contributed by atoms with Crippen LogP contribution in [0.15, 0.2) is 34.6 Å². The second-order valence-electron chi connectivity index (χ2n) is 3.34. The second-order valence-corrected chi connectivity index (χ2v) is 4.40. The molecule has 2 rings (SSSR count). The van der Waals surface area contributed by atoms with Crippen molar-refractivity contribution in [2.75, 3.05) is 5.73 Å². The maximum Gasteiger partial charge on any atom is 0.104 e. The number of aryl methyl sites for hydroxylation is 2. The molecule has 0 amide bonds. The lowest BCUT2D eigenvalue weighted by molar-refractivity contribution is 0.766. The van der Waals surface area contributed by atoms with E-state index in [0.29, 0.717) is 5.69 Å². The summed E-state index contributed by atoms with van der Waals surface area (Å²) in [5.41, 5.74) is 7.42. The molecule has 0 radical (unpaired) electrons. The molecule has 2 heterocycles. The molecule has 0 unspecified atom stereocenters. The van der Waals surface area contributed by atoms with Crippen LogP contribution >= 0.6 is 11.8 Å². The van der Waals surface area contributed by atoms with E-state index in [-0.39, 0.29) is 0 Å². The molecule has 0 aliphatic rings. The second kappa shape index (κ2) is 3.94. The molecule has 2 aromatic heterocycles. The monoisotopic (exact) mass is 220 g/mol.